The van der Waals surface area contributed by atoms with E-state index in [0.29, 0.717) is 17.9 Å². The molecule has 0 bridgehead atoms. The summed E-state index contributed by atoms with van der Waals surface area (Å²) in [6.07, 6.45) is 3.03. The Morgan fingerprint density at radius 1 is 1.35 bits per heavy atom. The number of nitrogens with one attached hydrogen (secondary N) is 1. The second kappa shape index (κ2) is 7.99. The lowest BCUT2D eigenvalue weighted by Crippen LogP contribution is -2.46. The fraction of sp³-hybridized carbons (Fsp3) is 0.938. The molecule has 1 rings (SSSR count). The Morgan fingerprint density at radius 3 is 2.60 bits per heavy atom. The van der Waals surface area contributed by atoms with Crippen LogP contribution in [0.3, 0.4) is 0 Å². The van der Waals surface area contributed by atoms with Crippen LogP contribution in [0.2, 0.25) is 0 Å². The molecule has 0 saturated heterocycles. The number of rotatable bonds is 6. The van der Waals surface area contributed by atoms with E-state index in [1.54, 1.807) is 0 Å². The van der Waals surface area contributed by atoms with Crippen molar-refractivity contribution in [3.05, 3.63) is 0 Å². The second-order valence-electron chi connectivity index (χ2n) is 6.73. The summed E-state index contributed by atoms with van der Waals surface area (Å²) in [5.74, 6) is 1.26. The van der Waals surface area contributed by atoms with Crippen molar-refractivity contribution in [1.82, 2.24) is 10.2 Å². The highest BCUT2D eigenvalue weighted by Gasteiger charge is 2.34. The van der Waals surface area contributed by atoms with Crippen molar-refractivity contribution in [3.63, 3.8) is 0 Å². The fourth-order valence-electron chi connectivity index (χ4n) is 3.07. The van der Waals surface area contributed by atoms with E-state index in [0.717, 1.165) is 32.4 Å². The van der Waals surface area contributed by atoms with E-state index < -0.39 is 0 Å². The molecule has 0 aromatic heterocycles. The summed E-state index contributed by atoms with van der Waals surface area (Å²) >= 11 is 0. The third-order valence-corrected chi connectivity index (χ3v) is 5.13. The number of hydrogen-bond acceptors (Lipinski definition) is 3. The van der Waals surface area contributed by atoms with Gasteiger partial charge in [-0.25, -0.2) is 0 Å². The zero-order valence-electron chi connectivity index (χ0n) is 13.9. The second-order valence-corrected chi connectivity index (χ2v) is 6.73. The Balaban J connectivity index is 2.35. The third kappa shape index (κ3) is 4.74. The summed E-state index contributed by atoms with van der Waals surface area (Å²) in [6, 6.07) is 0.736. The number of nitrogens with two attached hydrogens (primary N) is 1. The van der Waals surface area contributed by atoms with Gasteiger partial charge in [0, 0.05) is 31.1 Å². The van der Waals surface area contributed by atoms with E-state index in [-0.39, 0.29) is 17.9 Å². The molecule has 0 heterocycles. The number of nitrogens with zero attached hydrogens (tertiary/aromatic N) is 1. The van der Waals surface area contributed by atoms with Crippen LogP contribution >= 0.6 is 0 Å². The lowest BCUT2D eigenvalue weighted by atomic mass is 9.72. The first-order valence-corrected chi connectivity index (χ1v) is 8.10. The first-order valence-electron chi connectivity index (χ1n) is 8.10. The first kappa shape index (κ1) is 17.4. The molecule has 1 aliphatic carbocycles. The van der Waals surface area contributed by atoms with Crippen LogP contribution in [0.1, 0.15) is 47.0 Å². The van der Waals surface area contributed by atoms with Gasteiger partial charge in [0.2, 0.25) is 5.91 Å². The predicted octanol–water partition coefficient (Wildman–Crippen LogP) is 1.84. The molecule has 118 valence electrons. The first-order chi connectivity index (χ1) is 9.36. The third-order valence-electron chi connectivity index (χ3n) is 5.13. The van der Waals surface area contributed by atoms with Gasteiger partial charge in [-0.05, 0) is 45.1 Å². The minimum atomic E-state index is 0.0927. The maximum atomic E-state index is 12.3. The van der Waals surface area contributed by atoms with Crippen molar-refractivity contribution in [3.8, 4) is 0 Å². The van der Waals surface area contributed by atoms with Crippen molar-refractivity contribution >= 4 is 5.91 Å². The highest BCUT2D eigenvalue weighted by atomic mass is 16.1. The summed E-state index contributed by atoms with van der Waals surface area (Å²) in [7, 11) is 2.11. The average molecular weight is 283 g/mol. The summed E-state index contributed by atoms with van der Waals surface area (Å²) in [6.45, 7) is 10.4. The zero-order chi connectivity index (χ0) is 15.3. The van der Waals surface area contributed by atoms with Gasteiger partial charge in [0.15, 0.2) is 0 Å². The van der Waals surface area contributed by atoms with E-state index in [1.165, 1.54) is 0 Å². The quantitative estimate of drug-likeness (QED) is 0.782. The molecular weight excluding hydrogens is 250 g/mol. The minimum absolute atomic E-state index is 0.0927. The molecular formula is C16H33N3O. The monoisotopic (exact) mass is 283 g/mol. The van der Waals surface area contributed by atoms with Gasteiger partial charge in [-0.15, -0.1) is 0 Å². The fourth-order valence-corrected chi connectivity index (χ4v) is 3.07. The molecule has 0 spiro atoms. The summed E-state index contributed by atoms with van der Waals surface area (Å²) in [5, 5.41) is 3.09. The van der Waals surface area contributed by atoms with Gasteiger partial charge in [0.05, 0.1) is 0 Å². The van der Waals surface area contributed by atoms with Crippen LogP contribution in [0.15, 0.2) is 0 Å². The number of amides is 1. The SMILES string of the molecule is CCC(C)N(C)CCNC(=O)C1CC(N)C(C)CC1C. The number of carbonyl (C=O) groups is 1. The highest BCUT2D eigenvalue weighted by molar-refractivity contribution is 5.79. The Morgan fingerprint density at radius 2 is 2.00 bits per heavy atom. The normalized spacial score (nSPS) is 32.1. The van der Waals surface area contributed by atoms with Crippen LogP contribution in [0, 0.1) is 17.8 Å². The molecule has 1 aliphatic rings. The number of hydrogen-bond donors (Lipinski definition) is 2. The minimum Gasteiger partial charge on any atom is -0.355 e. The predicted molar refractivity (Wildman–Crippen MR) is 84.4 cm³/mol. The molecule has 3 N–H and O–H groups in total. The van der Waals surface area contributed by atoms with Crippen LogP contribution < -0.4 is 11.1 Å². The average Bonchev–Trinajstić information content (AvgIpc) is 2.41. The Kier molecular flexibility index (Phi) is 6.96. The molecule has 0 aromatic carbocycles. The Bertz CT molecular complexity index is 308. The maximum absolute atomic E-state index is 12.3. The molecule has 20 heavy (non-hydrogen) atoms. The van der Waals surface area contributed by atoms with Crippen molar-refractivity contribution < 1.29 is 4.79 Å². The summed E-state index contributed by atoms with van der Waals surface area (Å²) in [4.78, 5) is 14.6. The molecule has 1 amide bonds. The van der Waals surface area contributed by atoms with Crippen molar-refractivity contribution in [2.45, 2.75) is 59.0 Å². The molecule has 1 fully saturated rings. The van der Waals surface area contributed by atoms with Crippen LogP contribution in [0.5, 0.6) is 0 Å². The van der Waals surface area contributed by atoms with E-state index in [4.69, 9.17) is 5.73 Å². The summed E-state index contributed by atoms with van der Waals surface area (Å²) in [5.41, 5.74) is 6.12. The molecule has 4 heteroatoms. The molecule has 0 aliphatic heterocycles. The zero-order valence-corrected chi connectivity index (χ0v) is 13.9. The molecule has 4 nitrogen and oxygen atoms in total. The smallest absolute Gasteiger partial charge is 0.223 e. The molecule has 1 saturated carbocycles. The summed E-state index contributed by atoms with van der Waals surface area (Å²) < 4.78 is 0. The van der Waals surface area contributed by atoms with E-state index >= 15 is 0 Å². The van der Waals surface area contributed by atoms with Crippen LogP contribution in [0.4, 0.5) is 0 Å². The topological polar surface area (TPSA) is 58.4 Å². The van der Waals surface area contributed by atoms with Gasteiger partial charge in [0.25, 0.3) is 0 Å². The molecule has 5 atom stereocenters. The van der Waals surface area contributed by atoms with Gasteiger partial charge in [0.1, 0.15) is 0 Å². The van der Waals surface area contributed by atoms with Gasteiger partial charge in [-0.3, -0.25) is 4.79 Å². The van der Waals surface area contributed by atoms with E-state index in [1.807, 2.05) is 0 Å². The van der Waals surface area contributed by atoms with Gasteiger partial charge >= 0.3 is 0 Å². The van der Waals surface area contributed by atoms with Crippen LogP contribution in [-0.4, -0.2) is 43.0 Å². The maximum Gasteiger partial charge on any atom is 0.223 e. The van der Waals surface area contributed by atoms with Crippen LogP contribution in [-0.2, 0) is 4.79 Å². The van der Waals surface area contributed by atoms with Crippen molar-refractivity contribution in [2.24, 2.45) is 23.5 Å². The van der Waals surface area contributed by atoms with Gasteiger partial charge in [-0.2, -0.15) is 0 Å². The Hall–Kier alpha value is -0.610. The lowest BCUT2D eigenvalue weighted by molar-refractivity contribution is -0.128. The standard InChI is InChI=1S/C16H33N3O/c1-6-13(4)19(5)8-7-18-16(20)14-10-15(17)12(3)9-11(14)2/h11-15H,6-10,17H2,1-5H3,(H,18,20). The lowest BCUT2D eigenvalue weighted by Gasteiger charge is -2.36. The molecule has 5 unspecified atom stereocenters. The Labute approximate surface area is 124 Å². The highest BCUT2D eigenvalue weighted by Crippen LogP contribution is 2.32. The largest absolute Gasteiger partial charge is 0.355 e. The number of likely N-dealkylation sites (N-methyl/N-ethyl adjacent to an activating group) is 1. The van der Waals surface area contributed by atoms with Crippen LogP contribution in [0.25, 0.3) is 0 Å². The van der Waals surface area contributed by atoms with E-state index in [2.05, 4.69) is 45.0 Å². The number of carbonyl (C=O) groups excluding carboxylic acids is 1. The van der Waals surface area contributed by atoms with Gasteiger partial charge in [-0.1, -0.05) is 20.8 Å². The van der Waals surface area contributed by atoms with Crippen molar-refractivity contribution in [2.75, 3.05) is 20.1 Å². The van der Waals surface area contributed by atoms with E-state index in [9.17, 15) is 4.79 Å². The van der Waals surface area contributed by atoms with Crippen molar-refractivity contribution in [1.29, 1.82) is 0 Å². The van der Waals surface area contributed by atoms with Gasteiger partial charge < -0.3 is 16.0 Å². The molecule has 0 aromatic rings. The molecule has 0 radical (unpaired) electrons.